The van der Waals surface area contributed by atoms with Gasteiger partial charge in [-0.25, -0.2) is 4.57 Å². The minimum atomic E-state index is -4.28. The van der Waals surface area contributed by atoms with Gasteiger partial charge in [0.2, 0.25) is 0 Å². The molecule has 57 heavy (non-hydrogen) atoms. The van der Waals surface area contributed by atoms with E-state index in [0.29, 0.717) is 24.1 Å². The number of ether oxygens (including phenoxy) is 2. The molecule has 0 aromatic carbocycles. The summed E-state index contributed by atoms with van der Waals surface area (Å²) in [5, 5.41) is 0. The van der Waals surface area contributed by atoms with Gasteiger partial charge < -0.3 is 18.9 Å². The highest BCUT2D eigenvalue weighted by molar-refractivity contribution is 7.47. The van der Waals surface area contributed by atoms with E-state index in [2.05, 4.69) is 50.3 Å². The Morgan fingerprint density at radius 2 is 0.965 bits per heavy atom. The lowest BCUT2D eigenvalue weighted by molar-refractivity contribution is -0.870. The topological polar surface area (TPSA) is 91.3 Å². The molecule has 0 rings (SSSR count). The number of carbonyl (C=O) groups excluding carboxylic acids is 1. The molecule has 0 spiro atoms. The van der Waals surface area contributed by atoms with E-state index in [9.17, 15) is 14.3 Å². The van der Waals surface area contributed by atoms with Crippen molar-refractivity contribution in [3.8, 4) is 0 Å². The molecule has 0 saturated heterocycles. The van der Waals surface area contributed by atoms with Crippen molar-refractivity contribution in [3.63, 3.8) is 0 Å². The Bertz CT molecular complexity index is 1010. The van der Waals surface area contributed by atoms with Crippen LogP contribution < -0.4 is 0 Å². The molecule has 0 bridgehead atoms. The average molecular weight is 827 g/mol. The van der Waals surface area contributed by atoms with Crippen molar-refractivity contribution in [3.05, 3.63) is 36.5 Å². The standard InChI is InChI=1S/C48H92NO7P/c1-6-8-10-12-14-16-18-20-22-24-25-26-27-29-31-33-35-37-39-41-48(50)56-47(46-55-57(51,52)54-44-42-49(3,4)5)45-53-43-40-38-36-34-32-30-28-23-21-19-17-15-13-11-9-7-2/h14,16,20,22,25-26,47H,6-13,15,17-19,21,23-24,27-46H2,1-5H3/p+1/b16-14-,22-20-,26-25-. The Labute approximate surface area is 353 Å². The van der Waals surface area contributed by atoms with E-state index < -0.39 is 13.9 Å². The fraction of sp³-hybridized carbons (Fsp3) is 0.854. The number of allylic oxidation sites excluding steroid dienone is 6. The Morgan fingerprint density at radius 3 is 1.47 bits per heavy atom. The van der Waals surface area contributed by atoms with Gasteiger partial charge in [0.05, 0.1) is 34.4 Å². The van der Waals surface area contributed by atoms with Crippen molar-refractivity contribution in [2.24, 2.45) is 0 Å². The second-order valence-electron chi connectivity index (χ2n) is 17.1. The van der Waals surface area contributed by atoms with E-state index in [-0.39, 0.29) is 25.8 Å². The third-order valence-electron chi connectivity index (χ3n) is 10.2. The number of carbonyl (C=O) groups is 1. The zero-order chi connectivity index (χ0) is 42.0. The summed E-state index contributed by atoms with van der Waals surface area (Å²) in [6.45, 7) is 5.61. The van der Waals surface area contributed by atoms with Gasteiger partial charge in [-0.15, -0.1) is 0 Å². The smallest absolute Gasteiger partial charge is 0.457 e. The van der Waals surface area contributed by atoms with Gasteiger partial charge >= 0.3 is 13.8 Å². The second-order valence-corrected chi connectivity index (χ2v) is 18.6. The fourth-order valence-electron chi connectivity index (χ4n) is 6.50. The monoisotopic (exact) mass is 827 g/mol. The van der Waals surface area contributed by atoms with Crippen LogP contribution in [0, 0.1) is 0 Å². The maximum Gasteiger partial charge on any atom is 0.472 e. The average Bonchev–Trinajstić information content (AvgIpc) is 3.16. The zero-order valence-electron chi connectivity index (χ0n) is 38.1. The third kappa shape index (κ3) is 45.7. The molecular formula is C48H93NO7P+. The summed E-state index contributed by atoms with van der Waals surface area (Å²) in [6, 6.07) is 0. The minimum absolute atomic E-state index is 0.0867. The zero-order valence-corrected chi connectivity index (χ0v) is 39.0. The first-order valence-corrected chi connectivity index (χ1v) is 25.2. The molecule has 8 nitrogen and oxygen atoms in total. The Kier molecular flexibility index (Phi) is 40.5. The highest BCUT2D eigenvalue weighted by atomic mass is 31.2. The minimum Gasteiger partial charge on any atom is -0.457 e. The molecular weight excluding hydrogens is 734 g/mol. The molecule has 0 aliphatic rings. The van der Waals surface area contributed by atoms with Gasteiger partial charge in [-0.05, 0) is 51.4 Å². The molecule has 9 heteroatoms. The maximum atomic E-state index is 12.7. The molecule has 1 N–H and O–H groups in total. The van der Waals surface area contributed by atoms with E-state index >= 15 is 0 Å². The van der Waals surface area contributed by atoms with E-state index in [1.807, 2.05) is 21.1 Å². The largest absolute Gasteiger partial charge is 0.472 e. The van der Waals surface area contributed by atoms with E-state index in [1.54, 1.807) is 0 Å². The molecule has 0 heterocycles. The van der Waals surface area contributed by atoms with E-state index in [4.69, 9.17) is 18.5 Å². The number of esters is 1. The first kappa shape index (κ1) is 55.7. The van der Waals surface area contributed by atoms with Gasteiger partial charge in [-0.2, -0.15) is 0 Å². The fourth-order valence-corrected chi connectivity index (χ4v) is 7.24. The van der Waals surface area contributed by atoms with Crippen LogP contribution >= 0.6 is 7.82 Å². The molecule has 0 amide bonds. The SMILES string of the molecule is CCCCC/C=C\C/C=C\C/C=C\CCCCCCCCC(=O)OC(COCCCCCCCCCCCCCCCCCC)COP(=O)(O)OCC[N+](C)(C)C. The van der Waals surface area contributed by atoms with Crippen molar-refractivity contribution in [1.82, 2.24) is 0 Å². The summed E-state index contributed by atoms with van der Waals surface area (Å²) >= 11 is 0. The van der Waals surface area contributed by atoms with Crippen molar-refractivity contribution in [1.29, 1.82) is 0 Å². The molecule has 2 atom stereocenters. The number of nitrogens with zero attached hydrogens (tertiary/aromatic N) is 1. The van der Waals surface area contributed by atoms with Crippen LogP contribution in [0.25, 0.3) is 0 Å². The Hall–Kier alpha value is -1.28. The van der Waals surface area contributed by atoms with Gasteiger partial charge in [0.15, 0.2) is 0 Å². The lowest BCUT2D eigenvalue weighted by Crippen LogP contribution is -2.37. The highest BCUT2D eigenvalue weighted by Gasteiger charge is 2.26. The Morgan fingerprint density at radius 1 is 0.544 bits per heavy atom. The summed E-state index contributed by atoms with van der Waals surface area (Å²) in [6.07, 6.45) is 48.9. The molecule has 2 unspecified atom stereocenters. The third-order valence-corrected chi connectivity index (χ3v) is 11.2. The molecule has 0 aromatic rings. The van der Waals surface area contributed by atoms with Gasteiger partial charge in [0, 0.05) is 13.0 Å². The van der Waals surface area contributed by atoms with Crippen LogP contribution in [0.3, 0.4) is 0 Å². The van der Waals surface area contributed by atoms with Crippen LogP contribution in [-0.2, 0) is 27.9 Å². The van der Waals surface area contributed by atoms with Crippen molar-refractivity contribution < 1.29 is 37.3 Å². The van der Waals surface area contributed by atoms with E-state index in [0.717, 1.165) is 57.8 Å². The predicted molar refractivity (Wildman–Crippen MR) is 243 cm³/mol. The highest BCUT2D eigenvalue weighted by Crippen LogP contribution is 2.43. The molecule has 0 saturated carbocycles. The predicted octanol–water partition coefficient (Wildman–Crippen LogP) is 14.2. The van der Waals surface area contributed by atoms with Crippen LogP contribution in [-0.4, -0.2) is 75.6 Å². The summed E-state index contributed by atoms with van der Waals surface area (Å²) in [4.78, 5) is 22.9. The Balaban J connectivity index is 4.21. The summed E-state index contributed by atoms with van der Waals surface area (Å²) in [5.41, 5.74) is 0. The number of likely N-dealkylation sites (N-methyl/N-ethyl adjacent to an activating group) is 1. The summed E-state index contributed by atoms with van der Waals surface area (Å²) in [7, 11) is 1.66. The quantitative estimate of drug-likeness (QED) is 0.0215. The lowest BCUT2D eigenvalue weighted by Gasteiger charge is -2.24. The molecule has 0 aromatic heterocycles. The molecule has 336 valence electrons. The number of hydrogen-bond donors (Lipinski definition) is 1. The van der Waals surface area contributed by atoms with Crippen LogP contribution in [0.2, 0.25) is 0 Å². The number of rotatable bonds is 44. The number of hydrogen-bond acceptors (Lipinski definition) is 6. The number of quaternary nitrogens is 1. The van der Waals surface area contributed by atoms with Crippen LogP contribution in [0.4, 0.5) is 0 Å². The second kappa shape index (κ2) is 41.5. The first-order chi connectivity index (χ1) is 27.6. The van der Waals surface area contributed by atoms with Crippen molar-refractivity contribution in [2.75, 3.05) is 54.1 Å². The van der Waals surface area contributed by atoms with Gasteiger partial charge in [0.1, 0.15) is 19.3 Å². The van der Waals surface area contributed by atoms with Gasteiger partial charge in [-0.3, -0.25) is 13.8 Å². The van der Waals surface area contributed by atoms with Gasteiger partial charge in [0.25, 0.3) is 0 Å². The summed E-state index contributed by atoms with van der Waals surface area (Å²) in [5.74, 6) is -0.324. The molecule has 0 fully saturated rings. The molecule has 0 aliphatic heterocycles. The normalized spacial score (nSPS) is 14.0. The van der Waals surface area contributed by atoms with Crippen molar-refractivity contribution >= 4 is 13.8 Å². The van der Waals surface area contributed by atoms with E-state index in [1.165, 1.54) is 128 Å². The number of unbranched alkanes of at least 4 members (excludes halogenated alkanes) is 24. The maximum absolute atomic E-state index is 12.7. The number of phosphoric acid groups is 1. The van der Waals surface area contributed by atoms with Crippen molar-refractivity contribution in [2.45, 2.75) is 213 Å². The van der Waals surface area contributed by atoms with Crippen LogP contribution in [0.5, 0.6) is 0 Å². The number of phosphoric ester groups is 1. The summed E-state index contributed by atoms with van der Waals surface area (Å²) < 4.78 is 35.1. The van der Waals surface area contributed by atoms with Crippen LogP contribution in [0.1, 0.15) is 206 Å². The molecule has 0 radical (unpaired) electrons. The van der Waals surface area contributed by atoms with Crippen LogP contribution in [0.15, 0.2) is 36.5 Å². The first-order valence-electron chi connectivity index (χ1n) is 23.7. The van der Waals surface area contributed by atoms with Gasteiger partial charge in [-0.1, -0.05) is 185 Å². The lowest BCUT2D eigenvalue weighted by atomic mass is 10.0. The molecule has 0 aliphatic carbocycles.